The van der Waals surface area contributed by atoms with Crippen LogP contribution in [0.4, 0.5) is 4.79 Å². The third kappa shape index (κ3) is 4.64. The molecule has 0 saturated heterocycles. The third-order valence-electron chi connectivity index (χ3n) is 2.26. The Balaban J connectivity index is 2.75. The van der Waals surface area contributed by atoms with Crippen LogP contribution in [-0.4, -0.2) is 16.7 Å². The Morgan fingerprint density at radius 3 is 2.33 bits per heavy atom. The highest BCUT2D eigenvalue weighted by Gasteiger charge is 2.26. The number of pyridine rings is 1. The number of nitrogens with one attached hydrogen (secondary N) is 1. The number of hydrogen-bond donors (Lipinski definition) is 1. The Morgan fingerprint density at radius 2 is 1.89 bits per heavy atom. The lowest BCUT2D eigenvalue weighted by Gasteiger charge is -2.28. The van der Waals surface area contributed by atoms with E-state index in [1.165, 1.54) is 0 Å². The summed E-state index contributed by atoms with van der Waals surface area (Å²) in [6.07, 6.45) is 1.29. The molecule has 18 heavy (non-hydrogen) atoms. The zero-order valence-corrected chi connectivity index (χ0v) is 13.0. The largest absolute Gasteiger partial charge is 0.444 e. The van der Waals surface area contributed by atoms with Gasteiger partial charge in [0.1, 0.15) is 10.2 Å². The molecule has 0 spiro atoms. The average Bonchev–Trinajstić information content (AvgIpc) is 2.13. The predicted octanol–water partition coefficient (Wildman–Crippen LogP) is 3.60. The van der Waals surface area contributed by atoms with E-state index in [4.69, 9.17) is 4.74 Å². The van der Waals surface area contributed by atoms with Crippen LogP contribution in [0.2, 0.25) is 0 Å². The summed E-state index contributed by atoms with van der Waals surface area (Å²) in [7, 11) is 0. The molecule has 1 heterocycles. The second-order valence-corrected chi connectivity index (χ2v) is 6.43. The summed E-state index contributed by atoms with van der Waals surface area (Å²) in [4.78, 5) is 15.9. The molecule has 0 aliphatic carbocycles. The Labute approximate surface area is 116 Å². The van der Waals surface area contributed by atoms with E-state index < -0.39 is 17.2 Å². The van der Waals surface area contributed by atoms with E-state index in [0.717, 1.165) is 10.2 Å². The first-order valence-corrected chi connectivity index (χ1v) is 6.53. The van der Waals surface area contributed by atoms with Gasteiger partial charge in [0.2, 0.25) is 0 Å². The number of alkyl carbamates (subject to hydrolysis) is 1. The van der Waals surface area contributed by atoms with Crippen molar-refractivity contribution in [1.29, 1.82) is 0 Å². The average molecular weight is 315 g/mol. The van der Waals surface area contributed by atoms with E-state index >= 15 is 0 Å². The molecule has 0 saturated carbocycles. The molecule has 1 N–H and O–H groups in total. The first-order valence-electron chi connectivity index (χ1n) is 5.73. The quantitative estimate of drug-likeness (QED) is 0.848. The van der Waals surface area contributed by atoms with Gasteiger partial charge in [0, 0.05) is 6.20 Å². The molecule has 4 nitrogen and oxygen atoms in total. The van der Waals surface area contributed by atoms with Crippen molar-refractivity contribution in [1.82, 2.24) is 10.3 Å². The van der Waals surface area contributed by atoms with Gasteiger partial charge in [-0.3, -0.25) is 0 Å². The predicted molar refractivity (Wildman–Crippen MR) is 74.3 cm³/mol. The van der Waals surface area contributed by atoms with Gasteiger partial charge in [-0.1, -0.05) is 6.07 Å². The van der Waals surface area contributed by atoms with Crippen molar-refractivity contribution in [2.45, 2.75) is 45.8 Å². The molecule has 0 aliphatic heterocycles. The van der Waals surface area contributed by atoms with Crippen molar-refractivity contribution >= 4 is 22.0 Å². The number of halogens is 1. The molecule has 1 rings (SSSR count). The van der Waals surface area contributed by atoms with Crippen LogP contribution in [0.3, 0.4) is 0 Å². The topological polar surface area (TPSA) is 51.2 Å². The molecule has 0 fully saturated rings. The van der Waals surface area contributed by atoms with Crippen LogP contribution in [0.15, 0.2) is 22.9 Å². The summed E-state index contributed by atoms with van der Waals surface area (Å²) in [5.41, 5.74) is -0.120. The fourth-order valence-corrected chi connectivity index (χ4v) is 1.61. The second-order valence-electron chi connectivity index (χ2n) is 5.62. The zero-order chi connectivity index (χ0) is 14.0. The summed E-state index contributed by atoms with van der Waals surface area (Å²) in [6.45, 7) is 9.31. The lowest BCUT2D eigenvalue weighted by atomic mass is 9.96. The molecule has 1 amide bonds. The van der Waals surface area contributed by atoms with Crippen LogP contribution in [0.5, 0.6) is 0 Å². The Bertz CT molecular complexity index is 422. The number of nitrogens with zero attached hydrogens (tertiary/aromatic N) is 1. The lowest BCUT2D eigenvalue weighted by Crippen LogP contribution is -2.43. The second kappa shape index (κ2) is 5.26. The first kappa shape index (κ1) is 15.0. The van der Waals surface area contributed by atoms with Gasteiger partial charge in [0.05, 0.1) is 5.54 Å². The SMILES string of the molecule is CC(C)(C)OC(=O)NC(C)(C)c1ccc(Br)nc1. The minimum Gasteiger partial charge on any atom is -0.444 e. The molecule has 0 aliphatic rings. The molecule has 0 radical (unpaired) electrons. The van der Waals surface area contributed by atoms with E-state index in [0.29, 0.717) is 0 Å². The molecule has 0 aromatic carbocycles. The van der Waals surface area contributed by atoms with Crippen LogP contribution < -0.4 is 5.32 Å². The molecule has 100 valence electrons. The van der Waals surface area contributed by atoms with Gasteiger partial charge >= 0.3 is 6.09 Å². The molecular formula is C13H19BrN2O2. The third-order valence-corrected chi connectivity index (χ3v) is 2.73. The van der Waals surface area contributed by atoms with Crippen LogP contribution in [0.25, 0.3) is 0 Å². The zero-order valence-electron chi connectivity index (χ0n) is 11.4. The van der Waals surface area contributed by atoms with Gasteiger partial charge in [-0.25, -0.2) is 9.78 Å². The number of carbonyl (C=O) groups excluding carboxylic acids is 1. The van der Waals surface area contributed by atoms with Crippen molar-refractivity contribution in [3.8, 4) is 0 Å². The summed E-state index contributed by atoms with van der Waals surface area (Å²) in [5, 5.41) is 2.83. The highest BCUT2D eigenvalue weighted by Crippen LogP contribution is 2.21. The standard InChI is InChI=1S/C13H19BrN2O2/c1-12(2,3)18-11(17)16-13(4,5)9-6-7-10(14)15-8-9/h6-8H,1-5H3,(H,16,17). The van der Waals surface area contributed by atoms with Crippen LogP contribution in [0.1, 0.15) is 40.2 Å². The number of amides is 1. The van der Waals surface area contributed by atoms with Gasteiger partial charge in [-0.2, -0.15) is 0 Å². The van der Waals surface area contributed by atoms with Gasteiger partial charge in [-0.15, -0.1) is 0 Å². The van der Waals surface area contributed by atoms with Crippen molar-refractivity contribution in [3.05, 3.63) is 28.5 Å². The van der Waals surface area contributed by atoms with Gasteiger partial charge in [0.15, 0.2) is 0 Å². The van der Waals surface area contributed by atoms with Crippen LogP contribution >= 0.6 is 15.9 Å². The Morgan fingerprint density at radius 1 is 1.28 bits per heavy atom. The minimum atomic E-state index is -0.532. The number of rotatable bonds is 2. The Kier molecular flexibility index (Phi) is 4.37. The first-order chi connectivity index (χ1) is 8.10. The fourth-order valence-electron chi connectivity index (χ4n) is 1.38. The summed E-state index contributed by atoms with van der Waals surface area (Å²) >= 11 is 3.28. The van der Waals surface area contributed by atoms with E-state index in [1.807, 2.05) is 46.8 Å². The lowest BCUT2D eigenvalue weighted by molar-refractivity contribution is 0.0470. The van der Waals surface area contributed by atoms with Crippen LogP contribution in [-0.2, 0) is 10.3 Å². The van der Waals surface area contributed by atoms with Crippen molar-refractivity contribution in [3.63, 3.8) is 0 Å². The maximum atomic E-state index is 11.8. The highest BCUT2D eigenvalue weighted by molar-refractivity contribution is 9.10. The maximum absolute atomic E-state index is 11.8. The van der Waals surface area contributed by atoms with Crippen molar-refractivity contribution in [2.75, 3.05) is 0 Å². The van der Waals surface area contributed by atoms with Gasteiger partial charge < -0.3 is 10.1 Å². The monoisotopic (exact) mass is 314 g/mol. The van der Waals surface area contributed by atoms with E-state index in [2.05, 4.69) is 26.2 Å². The summed E-state index contributed by atoms with van der Waals surface area (Å²) in [5.74, 6) is 0. The Hall–Kier alpha value is -1.10. The van der Waals surface area contributed by atoms with Crippen LogP contribution in [0, 0.1) is 0 Å². The number of hydrogen-bond acceptors (Lipinski definition) is 3. The van der Waals surface area contributed by atoms with E-state index in [1.54, 1.807) is 6.20 Å². The molecular weight excluding hydrogens is 296 g/mol. The number of aromatic nitrogens is 1. The highest BCUT2D eigenvalue weighted by atomic mass is 79.9. The van der Waals surface area contributed by atoms with E-state index in [-0.39, 0.29) is 0 Å². The maximum Gasteiger partial charge on any atom is 0.408 e. The molecule has 0 atom stereocenters. The van der Waals surface area contributed by atoms with E-state index in [9.17, 15) is 4.79 Å². The smallest absolute Gasteiger partial charge is 0.408 e. The normalized spacial score (nSPS) is 12.1. The molecule has 0 unspecified atom stereocenters. The molecule has 0 bridgehead atoms. The summed E-state index contributed by atoms with van der Waals surface area (Å²) < 4.78 is 6.00. The van der Waals surface area contributed by atoms with Crippen molar-refractivity contribution in [2.24, 2.45) is 0 Å². The molecule has 1 aromatic rings. The van der Waals surface area contributed by atoms with Gasteiger partial charge in [-0.05, 0) is 62.2 Å². The minimum absolute atomic E-state index is 0.435. The summed E-state index contributed by atoms with van der Waals surface area (Å²) in [6, 6.07) is 3.75. The van der Waals surface area contributed by atoms with Gasteiger partial charge in [0.25, 0.3) is 0 Å². The molecule has 5 heteroatoms. The number of ether oxygens (including phenoxy) is 1. The van der Waals surface area contributed by atoms with Crippen molar-refractivity contribution < 1.29 is 9.53 Å². The fraction of sp³-hybridized carbons (Fsp3) is 0.538. The molecule has 1 aromatic heterocycles. The number of carbonyl (C=O) groups is 1.